The lowest BCUT2D eigenvalue weighted by Gasteiger charge is -2.12. The van der Waals surface area contributed by atoms with Crippen molar-refractivity contribution in [1.29, 1.82) is 0 Å². The Hall–Kier alpha value is -5.71. The molecule has 4 aromatic carbocycles. The third-order valence-corrected chi connectivity index (χ3v) is 12.4. The van der Waals surface area contributed by atoms with E-state index in [1.807, 2.05) is 6.07 Å². The molecule has 0 fully saturated rings. The molecule has 1 aromatic heterocycles. The number of rotatable bonds is 20. The summed E-state index contributed by atoms with van der Waals surface area (Å²) in [6.45, 7) is 3.82. The number of hydrogen-bond acceptors (Lipinski definition) is 20. The van der Waals surface area contributed by atoms with Crippen molar-refractivity contribution in [3.63, 3.8) is 0 Å². The van der Waals surface area contributed by atoms with Gasteiger partial charge in [0, 0.05) is 25.3 Å². The molecule has 0 radical (unpaired) electrons. The first-order chi connectivity index (χ1) is 29.5. The lowest BCUT2D eigenvalue weighted by molar-refractivity contribution is 0.292. The zero-order valence-electron chi connectivity index (χ0n) is 33.9. The fourth-order valence-electron chi connectivity index (χ4n) is 5.72. The molecule has 5 rings (SSSR count). The lowest BCUT2D eigenvalue weighted by Crippen LogP contribution is -2.12. The molecule has 0 unspecified atom stereocenters. The minimum Gasteiger partial charge on any atom is -0.396 e. The molecule has 0 amide bonds. The summed E-state index contributed by atoms with van der Waals surface area (Å²) in [4.78, 5) is 12.7. The third kappa shape index (κ3) is 14.4. The lowest BCUT2D eigenvalue weighted by atomic mass is 10.1. The molecule has 0 atom stereocenters. The summed E-state index contributed by atoms with van der Waals surface area (Å²) in [6, 6.07) is 17.2. The minimum atomic E-state index is -4.47. The van der Waals surface area contributed by atoms with E-state index >= 15 is 0 Å². The second-order valence-corrected chi connectivity index (χ2v) is 19.9. The number of nitrogens with one attached hydrogen (secondary N) is 2. The fourth-order valence-corrected chi connectivity index (χ4v) is 8.43. The molecule has 0 saturated heterocycles. The van der Waals surface area contributed by atoms with E-state index in [0.717, 1.165) is 38.0 Å². The van der Waals surface area contributed by atoms with Gasteiger partial charge >= 0.3 is 0 Å². The van der Waals surface area contributed by atoms with Gasteiger partial charge in [-0.3, -0.25) is 17.5 Å². The number of benzene rings is 4. The normalized spacial score (nSPS) is 12.6. The first-order valence-electron chi connectivity index (χ1n) is 18.2. The Morgan fingerprint density at radius 2 is 1.13 bits per heavy atom. The molecule has 5 aromatic rings. The van der Waals surface area contributed by atoms with Gasteiger partial charge in [0.25, 0.3) is 40.5 Å². The highest BCUT2D eigenvalue weighted by Gasteiger charge is 2.22. The van der Waals surface area contributed by atoms with Crippen molar-refractivity contribution in [2.45, 2.75) is 48.0 Å². The number of aliphatic hydroxyl groups excluding tert-OH is 1. The van der Waals surface area contributed by atoms with Gasteiger partial charge in [0.2, 0.25) is 11.9 Å². The zero-order valence-corrected chi connectivity index (χ0v) is 37.1. The van der Waals surface area contributed by atoms with E-state index < -0.39 is 61.8 Å². The predicted molar refractivity (Wildman–Crippen MR) is 229 cm³/mol. The van der Waals surface area contributed by atoms with Crippen molar-refractivity contribution in [2.75, 3.05) is 38.0 Å². The molecule has 0 aliphatic rings. The van der Waals surface area contributed by atoms with Gasteiger partial charge in [-0.2, -0.15) is 69.1 Å². The molecule has 0 spiro atoms. The van der Waals surface area contributed by atoms with Crippen molar-refractivity contribution < 1.29 is 56.2 Å². The molecule has 0 saturated carbocycles. The van der Waals surface area contributed by atoms with Gasteiger partial charge in [-0.25, -0.2) is 0 Å². The van der Waals surface area contributed by atoms with E-state index in [4.69, 9.17) is 0 Å². The summed E-state index contributed by atoms with van der Waals surface area (Å²) in [5.41, 5.74) is 3.46. The molecular formula is C37H41N9O13S4. The van der Waals surface area contributed by atoms with E-state index in [2.05, 4.69) is 54.4 Å². The number of aryl methyl sites for hydroxylation is 2. The minimum absolute atomic E-state index is 0.0356. The monoisotopic (exact) mass is 947 g/mol. The van der Waals surface area contributed by atoms with Crippen LogP contribution in [0.4, 0.5) is 40.3 Å². The largest absolute Gasteiger partial charge is 0.396 e. The van der Waals surface area contributed by atoms with Gasteiger partial charge in [-0.15, -0.1) is 0 Å². The third-order valence-electron chi connectivity index (χ3n) is 8.54. The molecule has 0 aliphatic carbocycles. The molecule has 63 heavy (non-hydrogen) atoms. The quantitative estimate of drug-likeness (QED) is 0.0263. The van der Waals surface area contributed by atoms with Crippen molar-refractivity contribution in [1.82, 2.24) is 15.0 Å². The number of hydrogen-bond donors (Lipinski definition) is 5. The highest BCUT2D eigenvalue weighted by atomic mass is 32.2. The average molecular weight is 948 g/mol. The maximum atomic E-state index is 12.4. The number of nitrogens with zero attached hydrogens (tertiary/aromatic N) is 7. The van der Waals surface area contributed by atoms with Crippen LogP contribution in [0, 0.1) is 13.8 Å². The van der Waals surface area contributed by atoms with Crippen LogP contribution >= 0.6 is 0 Å². The number of anilines is 3. The highest BCUT2D eigenvalue weighted by Crippen LogP contribution is 2.31. The Balaban J connectivity index is 1.37. The van der Waals surface area contributed by atoms with Gasteiger partial charge < -0.3 is 15.7 Å². The topological polar surface area (TPSA) is 328 Å². The van der Waals surface area contributed by atoms with Crippen molar-refractivity contribution in [2.24, 2.45) is 20.5 Å². The Morgan fingerprint density at radius 3 is 1.63 bits per heavy atom. The van der Waals surface area contributed by atoms with Crippen molar-refractivity contribution in [3.05, 3.63) is 106 Å². The molecule has 0 bridgehead atoms. The number of aromatic nitrogens is 3. The Kier molecular flexibility index (Phi) is 15.5. The van der Waals surface area contributed by atoms with E-state index in [9.17, 15) is 47.9 Å². The molecule has 0 aliphatic heterocycles. The summed E-state index contributed by atoms with van der Waals surface area (Å²) in [6.07, 6.45) is 0.663. The summed E-state index contributed by atoms with van der Waals surface area (Å²) in [5, 5.41) is 32.2. The van der Waals surface area contributed by atoms with E-state index in [-0.39, 0.29) is 47.4 Å². The Bertz CT molecular complexity index is 2920. The fraction of sp³-hybridized carbons (Fsp3) is 0.270. The molecule has 1 heterocycles. The van der Waals surface area contributed by atoms with E-state index in [1.54, 1.807) is 44.2 Å². The van der Waals surface area contributed by atoms with E-state index in [1.165, 1.54) is 18.2 Å². The van der Waals surface area contributed by atoms with E-state index in [0.29, 0.717) is 47.0 Å². The van der Waals surface area contributed by atoms with Gasteiger partial charge in [-0.1, -0.05) is 18.2 Å². The molecule has 336 valence electrons. The van der Waals surface area contributed by atoms with Crippen LogP contribution in [0.2, 0.25) is 0 Å². The SMILES string of the molecule is COS(=O)(=O)c1cc(N=Nc2ccc(Nc3nc(Cc4ccc(N=Nc5cc(CS(=O)(=O)O)cc(CS(=O)(=O)O)c5)c(C)c4)nc(NCCCO)n3)cc2C)cc(S(=O)(=O)OC)c1. The van der Waals surface area contributed by atoms with Gasteiger partial charge in [0.1, 0.15) is 17.3 Å². The molecule has 26 heteroatoms. The van der Waals surface area contributed by atoms with Crippen LogP contribution < -0.4 is 10.6 Å². The smallest absolute Gasteiger partial charge is 0.296 e. The molecule has 22 nitrogen and oxygen atoms in total. The average Bonchev–Trinajstić information content (AvgIpc) is 3.19. The standard InChI is InChI=1S/C37H41N9O13S4/c1-23-12-25(6-8-33(23)45-43-29-15-26(21-60(48,49)50)14-27(16-29)22-61(51,52)53)17-35-40-36(38-10-5-11-47)42-37(41-35)39-28-7-9-34(24(2)13-28)46-44-30-18-31(62(54,55)58-3)20-32(19-30)63(56,57)59-4/h6-9,12-16,18-20,47H,5,10-11,17,21-22H2,1-4H3,(H,48,49,50)(H,51,52,53)(H2,38,39,40,41,42). The zero-order chi connectivity index (χ0) is 46.2. The summed E-state index contributed by atoms with van der Waals surface area (Å²) >= 11 is 0. The first-order valence-corrected chi connectivity index (χ1v) is 24.3. The summed E-state index contributed by atoms with van der Waals surface area (Å²) in [7, 11) is -15.7. The van der Waals surface area contributed by atoms with Crippen LogP contribution in [0.5, 0.6) is 0 Å². The van der Waals surface area contributed by atoms with Crippen LogP contribution in [-0.2, 0) is 66.8 Å². The number of azo groups is 2. The second kappa shape index (κ2) is 20.2. The molecule has 5 N–H and O–H groups in total. The van der Waals surface area contributed by atoms with Crippen LogP contribution in [0.3, 0.4) is 0 Å². The van der Waals surface area contributed by atoms with Gasteiger partial charge in [-0.05, 0) is 103 Å². The van der Waals surface area contributed by atoms with Crippen LogP contribution in [0.1, 0.15) is 40.1 Å². The maximum Gasteiger partial charge on any atom is 0.296 e. The van der Waals surface area contributed by atoms with Crippen molar-refractivity contribution >= 4 is 80.8 Å². The van der Waals surface area contributed by atoms with Crippen LogP contribution in [0.15, 0.2) is 103 Å². The van der Waals surface area contributed by atoms with Gasteiger partial charge in [0.05, 0.1) is 46.8 Å². The predicted octanol–water partition coefficient (Wildman–Crippen LogP) is 5.89. The highest BCUT2D eigenvalue weighted by molar-refractivity contribution is 7.87. The molecular weight excluding hydrogens is 907 g/mol. The van der Waals surface area contributed by atoms with Crippen LogP contribution in [-0.4, -0.2) is 90.2 Å². The number of aliphatic hydroxyl groups is 1. The van der Waals surface area contributed by atoms with Crippen LogP contribution in [0.25, 0.3) is 0 Å². The van der Waals surface area contributed by atoms with Gasteiger partial charge in [0.15, 0.2) is 0 Å². The second-order valence-electron chi connectivity index (χ2n) is 13.6. The van der Waals surface area contributed by atoms with Crippen molar-refractivity contribution in [3.8, 4) is 0 Å². The summed E-state index contributed by atoms with van der Waals surface area (Å²) in [5.74, 6) is -0.847. The maximum absolute atomic E-state index is 12.4. The Morgan fingerprint density at radius 1 is 0.603 bits per heavy atom. The summed E-state index contributed by atoms with van der Waals surface area (Å²) < 4.78 is 123. The Labute approximate surface area is 363 Å². The first kappa shape index (κ1) is 48.3.